The largest absolute Gasteiger partial charge is 0.373 e. The molecule has 0 amide bonds. The SMILES string of the molecule is CN(C)CC1COCC1=O.Cl. The van der Waals surface area contributed by atoms with E-state index in [1.807, 2.05) is 19.0 Å². The summed E-state index contributed by atoms with van der Waals surface area (Å²) in [6.07, 6.45) is 0. The molecule has 1 rings (SSSR count). The summed E-state index contributed by atoms with van der Waals surface area (Å²) in [5, 5.41) is 0. The van der Waals surface area contributed by atoms with Crippen molar-refractivity contribution in [1.82, 2.24) is 4.90 Å². The first-order chi connectivity index (χ1) is 4.70. The standard InChI is InChI=1S/C7H13NO2.ClH/c1-8(2)3-6-4-10-5-7(6)9;/h6H,3-5H2,1-2H3;1H. The number of nitrogens with zero attached hydrogens (tertiary/aromatic N) is 1. The predicted octanol–water partition coefficient (Wildman–Crippen LogP) is 0.185. The van der Waals surface area contributed by atoms with Crippen molar-refractivity contribution in [2.75, 3.05) is 33.9 Å². The zero-order valence-corrected chi connectivity index (χ0v) is 7.69. The predicted molar refractivity (Wildman–Crippen MR) is 45.1 cm³/mol. The van der Waals surface area contributed by atoms with Gasteiger partial charge in [0.1, 0.15) is 6.61 Å². The summed E-state index contributed by atoms with van der Waals surface area (Å²) in [5.41, 5.74) is 0. The maximum atomic E-state index is 11.0. The Morgan fingerprint density at radius 1 is 1.64 bits per heavy atom. The van der Waals surface area contributed by atoms with Crippen LogP contribution in [0.3, 0.4) is 0 Å². The Morgan fingerprint density at radius 3 is 2.64 bits per heavy atom. The molecule has 66 valence electrons. The molecule has 0 aromatic rings. The van der Waals surface area contributed by atoms with Gasteiger partial charge in [0.25, 0.3) is 0 Å². The van der Waals surface area contributed by atoms with Crippen LogP contribution >= 0.6 is 12.4 Å². The average Bonchev–Trinajstić information content (AvgIpc) is 2.15. The molecule has 0 saturated carbocycles. The highest BCUT2D eigenvalue weighted by Crippen LogP contribution is 2.08. The van der Waals surface area contributed by atoms with E-state index in [9.17, 15) is 4.79 Å². The van der Waals surface area contributed by atoms with E-state index in [0.717, 1.165) is 6.54 Å². The molecule has 4 heteroatoms. The van der Waals surface area contributed by atoms with Gasteiger partial charge in [-0.1, -0.05) is 0 Å². The molecule has 1 fully saturated rings. The molecular formula is C7H14ClNO2. The lowest BCUT2D eigenvalue weighted by Crippen LogP contribution is -2.26. The highest BCUT2D eigenvalue weighted by molar-refractivity contribution is 5.85. The van der Waals surface area contributed by atoms with Crippen LogP contribution in [0.15, 0.2) is 0 Å². The van der Waals surface area contributed by atoms with Crippen LogP contribution in [0.5, 0.6) is 0 Å². The second-order valence-corrected chi connectivity index (χ2v) is 2.94. The van der Waals surface area contributed by atoms with Crippen molar-refractivity contribution in [2.45, 2.75) is 0 Å². The minimum absolute atomic E-state index is 0. The van der Waals surface area contributed by atoms with Crippen molar-refractivity contribution >= 4 is 18.2 Å². The Balaban J connectivity index is 0.000001000. The molecular weight excluding hydrogens is 166 g/mol. The highest BCUT2D eigenvalue weighted by atomic mass is 35.5. The molecule has 1 atom stereocenters. The zero-order chi connectivity index (χ0) is 7.56. The first kappa shape index (κ1) is 10.9. The summed E-state index contributed by atoms with van der Waals surface area (Å²) in [6.45, 7) is 1.74. The van der Waals surface area contributed by atoms with Gasteiger partial charge in [-0.25, -0.2) is 0 Å². The van der Waals surface area contributed by atoms with E-state index in [1.54, 1.807) is 0 Å². The number of hydrogen-bond acceptors (Lipinski definition) is 3. The lowest BCUT2D eigenvalue weighted by molar-refractivity contribution is -0.120. The van der Waals surface area contributed by atoms with E-state index in [2.05, 4.69) is 0 Å². The summed E-state index contributed by atoms with van der Waals surface area (Å²) in [6, 6.07) is 0. The molecule has 11 heavy (non-hydrogen) atoms. The van der Waals surface area contributed by atoms with E-state index in [0.29, 0.717) is 13.2 Å². The van der Waals surface area contributed by atoms with Crippen LogP contribution in [0, 0.1) is 5.92 Å². The third-order valence-corrected chi connectivity index (χ3v) is 1.60. The third-order valence-electron chi connectivity index (χ3n) is 1.60. The van der Waals surface area contributed by atoms with Crippen LogP contribution in [0.1, 0.15) is 0 Å². The first-order valence-electron chi connectivity index (χ1n) is 3.45. The van der Waals surface area contributed by atoms with Gasteiger partial charge in [-0.2, -0.15) is 0 Å². The molecule has 1 saturated heterocycles. The number of ketones is 1. The summed E-state index contributed by atoms with van der Waals surface area (Å²) in [5.74, 6) is 0.365. The van der Waals surface area contributed by atoms with Gasteiger partial charge in [0, 0.05) is 6.54 Å². The summed E-state index contributed by atoms with van der Waals surface area (Å²) < 4.78 is 4.99. The monoisotopic (exact) mass is 179 g/mol. The fourth-order valence-corrected chi connectivity index (χ4v) is 1.11. The molecule has 0 radical (unpaired) electrons. The van der Waals surface area contributed by atoms with Gasteiger partial charge >= 0.3 is 0 Å². The average molecular weight is 180 g/mol. The van der Waals surface area contributed by atoms with Gasteiger partial charge in [-0.05, 0) is 14.1 Å². The number of Topliss-reactive ketones (excluding diaryl/α,β-unsaturated/α-hetero) is 1. The third kappa shape index (κ3) is 3.18. The van der Waals surface area contributed by atoms with Gasteiger partial charge in [0.15, 0.2) is 5.78 Å². The van der Waals surface area contributed by atoms with E-state index in [1.165, 1.54) is 0 Å². The lowest BCUT2D eigenvalue weighted by atomic mass is 10.1. The maximum absolute atomic E-state index is 11.0. The molecule has 0 spiro atoms. The second kappa shape index (κ2) is 4.70. The van der Waals surface area contributed by atoms with Gasteiger partial charge in [0.2, 0.25) is 0 Å². The summed E-state index contributed by atoms with van der Waals surface area (Å²) in [7, 11) is 3.93. The smallest absolute Gasteiger partial charge is 0.165 e. The molecule has 0 aromatic carbocycles. The van der Waals surface area contributed by atoms with Crippen molar-refractivity contribution in [1.29, 1.82) is 0 Å². The van der Waals surface area contributed by atoms with E-state index in [-0.39, 0.29) is 24.1 Å². The van der Waals surface area contributed by atoms with Crippen LogP contribution in [0.2, 0.25) is 0 Å². The number of halogens is 1. The fourth-order valence-electron chi connectivity index (χ4n) is 1.11. The van der Waals surface area contributed by atoms with Crippen molar-refractivity contribution in [3.63, 3.8) is 0 Å². The fraction of sp³-hybridized carbons (Fsp3) is 0.857. The maximum Gasteiger partial charge on any atom is 0.165 e. The number of carbonyl (C=O) groups is 1. The second-order valence-electron chi connectivity index (χ2n) is 2.94. The normalized spacial score (nSPS) is 23.9. The molecule has 1 heterocycles. The molecule has 1 aliphatic heterocycles. The van der Waals surface area contributed by atoms with Crippen LogP contribution in [-0.2, 0) is 9.53 Å². The van der Waals surface area contributed by atoms with Crippen LogP contribution in [-0.4, -0.2) is 44.5 Å². The van der Waals surface area contributed by atoms with E-state index >= 15 is 0 Å². The number of carbonyl (C=O) groups excluding carboxylic acids is 1. The highest BCUT2D eigenvalue weighted by Gasteiger charge is 2.25. The van der Waals surface area contributed by atoms with Gasteiger partial charge in [0.05, 0.1) is 12.5 Å². The van der Waals surface area contributed by atoms with Crippen molar-refractivity contribution in [3.8, 4) is 0 Å². The molecule has 0 N–H and O–H groups in total. The minimum atomic E-state index is 0. The van der Waals surface area contributed by atoms with Crippen molar-refractivity contribution in [2.24, 2.45) is 5.92 Å². The lowest BCUT2D eigenvalue weighted by Gasteiger charge is -2.12. The Bertz CT molecular complexity index is 138. The van der Waals surface area contributed by atoms with Gasteiger partial charge in [-0.15, -0.1) is 12.4 Å². The molecule has 0 aromatic heterocycles. The van der Waals surface area contributed by atoms with Crippen molar-refractivity contribution < 1.29 is 9.53 Å². The zero-order valence-electron chi connectivity index (χ0n) is 6.87. The van der Waals surface area contributed by atoms with Gasteiger partial charge in [-0.3, -0.25) is 4.79 Å². The molecule has 0 aliphatic carbocycles. The van der Waals surface area contributed by atoms with E-state index in [4.69, 9.17) is 4.74 Å². The number of ether oxygens (including phenoxy) is 1. The quantitative estimate of drug-likeness (QED) is 0.606. The summed E-state index contributed by atoms with van der Waals surface area (Å²) >= 11 is 0. The van der Waals surface area contributed by atoms with Crippen molar-refractivity contribution in [3.05, 3.63) is 0 Å². The molecule has 3 nitrogen and oxygen atoms in total. The number of rotatable bonds is 2. The van der Waals surface area contributed by atoms with Gasteiger partial charge < -0.3 is 9.64 Å². The Hall–Kier alpha value is -0.120. The number of hydrogen-bond donors (Lipinski definition) is 0. The Morgan fingerprint density at radius 2 is 2.27 bits per heavy atom. The van der Waals surface area contributed by atoms with Crippen LogP contribution in [0.4, 0.5) is 0 Å². The summed E-state index contributed by atoms with van der Waals surface area (Å²) in [4.78, 5) is 13.0. The minimum Gasteiger partial charge on any atom is -0.373 e. The van der Waals surface area contributed by atoms with Crippen LogP contribution in [0.25, 0.3) is 0 Å². The Labute approximate surface area is 73.1 Å². The molecule has 0 bridgehead atoms. The first-order valence-corrected chi connectivity index (χ1v) is 3.45. The molecule has 1 unspecified atom stereocenters. The molecule has 1 aliphatic rings. The Kier molecular flexibility index (Phi) is 4.65. The topological polar surface area (TPSA) is 29.5 Å². The van der Waals surface area contributed by atoms with Crippen LogP contribution < -0.4 is 0 Å². The van der Waals surface area contributed by atoms with E-state index < -0.39 is 0 Å².